The Hall–Kier alpha value is -2.36. The molecule has 0 saturated carbocycles. The molecule has 2 rings (SSSR count). The van der Waals surface area contributed by atoms with E-state index in [0.717, 1.165) is 6.42 Å². The molecule has 0 aliphatic heterocycles. The zero-order valence-electron chi connectivity index (χ0n) is 13.3. The van der Waals surface area contributed by atoms with Crippen molar-refractivity contribution < 1.29 is 9.53 Å². The second kappa shape index (κ2) is 7.07. The molecule has 1 aromatic carbocycles. The summed E-state index contributed by atoms with van der Waals surface area (Å²) in [5, 5.41) is 0. The van der Waals surface area contributed by atoms with Crippen molar-refractivity contribution in [2.75, 3.05) is 6.54 Å². The third-order valence-corrected chi connectivity index (χ3v) is 3.34. The van der Waals surface area contributed by atoms with Crippen LogP contribution in [0.4, 0.5) is 4.79 Å². The number of rotatable bonds is 4. The first-order chi connectivity index (χ1) is 10.5. The Morgan fingerprint density at radius 2 is 1.86 bits per heavy atom. The molecule has 0 fully saturated rings. The average molecular weight is 298 g/mol. The Bertz CT molecular complexity index is 591. The highest BCUT2D eigenvalue weighted by molar-refractivity contribution is 5.71. The summed E-state index contributed by atoms with van der Waals surface area (Å²) in [7, 11) is 0. The lowest BCUT2D eigenvalue weighted by Gasteiger charge is -2.34. The lowest BCUT2D eigenvalue weighted by atomic mass is 10.1. The number of benzene rings is 1. The highest BCUT2D eigenvalue weighted by atomic mass is 16.6. The third kappa shape index (κ3) is 4.58. The minimum absolute atomic E-state index is 0.311. The summed E-state index contributed by atoms with van der Waals surface area (Å²) in [6.45, 7) is 6.61. The summed E-state index contributed by atoms with van der Waals surface area (Å²) in [6, 6.07) is 13.6. The van der Waals surface area contributed by atoms with Crippen LogP contribution in [0.2, 0.25) is 0 Å². The molecule has 0 bridgehead atoms. The van der Waals surface area contributed by atoms with Crippen LogP contribution in [0.25, 0.3) is 0 Å². The van der Waals surface area contributed by atoms with Gasteiger partial charge < -0.3 is 9.64 Å². The molecule has 0 atom stereocenters. The normalized spacial score (nSPS) is 11.0. The first kappa shape index (κ1) is 16.0. The lowest BCUT2D eigenvalue weighted by molar-refractivity contribution is 0.107. The number of nitrogens with zero attached hydrogens (tertiary/aromatic N) is 2. The minimum Gasteiger partial charge on any atom is -0.409 e. The smallest absolute Gasteiger partial charge is 0.409 e. The van der Waals surface area contributed by atoms with Crippen molar-refractivity contribution in [2.45, 2.75) is 32.7 Å². The molecule has 4 nitrogen and oxygen atoms in total. The number of hydrogen-bond acceptors (Lipinski definition) is 3. The summed E-state index contributed by atoms with van der Waals surface area (Å²) in [5.41, 5.74) is 0.888. The van der Waals surface area contributed by atoms with E-state index in [-0.39, 0.29) is 11.6 Å². The number of hydrogen-bond donors (Lipinski definition) is 0. The first-order valence-corrected chi connectivity index (χ1v) is 7.40. The zero-order chi connectivity index (χ0) is 16.0. The van der Waals surface area contributed by atoms with Crippen molar-refractivity contribution in [3.63, 3.8) is 0 Å². The second-order valence-electron chi connectivity index (χ2n) is 6.11. The van der Waals surface area contributed by atoms with Crippen LogP contribution >= 0.6 is 0 Å². The van der Waals surface area contributed by atoms with Gasteiger partial charge in [0.15, 0.2) is 5.75 Å². The molecule has 116 valence electrons. The van der Waals surface area contributed by atoms with Crippen molar-refractivity contribution in [3.05, 3.63) is 60.4 Å². The third-order valence-electron chi connectivity index (χ3n) is 3.34. The average Bonchev–Trinajstić information content (AvgIpc) is 2.48. The molecule has 0 radical (unpaired) electrons. The van der Waals surface area contributed by atoms with Gasteiger partial charge in [0.05, 0.1) is 6.20 Å². The SMILES string of the molecule is CC(C)(C)N(CCc1ccccc1)C(=O)Oc1cccnc1. The van der Waals surface area contributed by atoms with Gasteiger partial charge in [-0.2, -0.15) is 0 Å². The van der Waals surface area contributed by atoms with E-state index >= 15 is 0 Å². The molecule has 2 aromatic rings. The van der Waals surface area contributed by atoms with Crippen LogP contribution in [0.15, 0.2) is 54.9 Å². The van der Waals surface area contributed by atoms with Crippen molar-refractivity contribution in [2.24, 2.45) is 0 Å². The van der Waals surface area contributed by atoms with Crippen LogP contribution in [0.1, 0.15) is 26.3 Å². The Morgan fingerprint density at radius 1 is 1.14 bits per heavy atom. The molecule has 0 saturated heterocycles. The summed E-state index contributed by atoms with van der Waals surface area (Å²) < 4.78 is 5.42. The Kier molecular flexibility index (Phi) is 5.15. The predicted octanol–water partition coefficient (Wildman–Crippen LogP) is 3.92. The predicted molar refractivity (Wildman–Crippen MR) is 86.9 cm³/mol. The zero-order valence-corrected chi connectivity index (χ0v) is 13.3. The highest BCUT2D eigenvalue weighted by Crippen LogP contribution is 2.18. The molecular formula is C18H22N2O2. The van der Waals surface area contributed by atoms with Gasteiger partial charge in [-0.1, -0.05) is 30.3 Å². The number of aromatic nitrogens is 1. The maximum atomic E-state index is 12.5. The van der Waals surface area contributed by atoms with Crippen LogP contribution in [-0.2, 0) is 6.42 Å². The molecular weight excluding hydrogens is 276 g/mol. The second-order valence-corrected chi connectivity index (χ2v) is 6.11. The van der Waals surface area contributed by atoms with Crippen LogP contribution in [-0.4, -0.2) is 28.1 Å². The van der Waals surface area contributed by atoms with Crippen molar-refractivity contribution in [1.29, 1.82) is 0 Å². The Morgan fingerprint density at radius 3 is 2.45 bits per heavy atom. The van der Waals surface area contributed by atoms with E-state index in [1.165, 1.54) is 11.8 Å². The van der Waals surface area contributed by atoms with Gasteiger partial charge >= 0.3 is 6.09 Å². The number of pyridine rings is 1. The molecule has 22 heavy (non-hydrogen) atoms. The van der Waals surface area contributed by atoms with Crippen molar-refractivity contribution in [1.82, 2.24) is 9.88 Å². The van der Waals surface area contributed by atoms with Gasteiger partial charge in [0.25, 0.3) is 0 Å². The molecule has 0 N–H and O–H groups in total. The lowest BCUT2D eigenvalue weighted by Crippen LogP contribution is -2.48. The first-order valence-electron chi connectivity index (χ1n) is 7.40. The standard InChI is InChI=1S/C18H22N2O2/c1-18(2,3)20(13-11-15-8-5-4-6-9-15)17(21)22-16-10-7-12-19-14-16/h4-10,12,14H,11,13H2,1-3H3. The van der Waals surface area contributed by atoms with Crippen LogP contribution in [0.3, 0.4) is 0 Å². The van der Waals surface area contributed by atoms with Crippen molar-refractivity contribution in [3.8, 4) is 5.75 Å². The number of carbonyl (C=O) groups is 1. The van der Waals surface area contributed by atoms with Gasteiger partial charge in [-0.05, 0) is 44.9 Å². The topological polar surface area (TPSA) is 42.4 Å². The van der Waals surface area contributed by atoms with Crippen LogP contribution in [0, 0.1) is 0 Å². The number of amides is 1. The van der Waals surface area contributed by atoms with E-state index in [1.54, 1.807) is 23.2 Å². The fraction of sp³-hybridized carbons (Fsp3) is 0.333. The summed E-state index contributed by atoms with van der Waals surface area (Å²) in [6.07, 6.45) is 3.63. The molecule has 1 heterocycles. The summed E-state index contributed by atoms with van der Waals surface area (Å²) in [4.78, 5) is 18.2. The Balaban J connectivity index is 2.04. The maximum absolute atomic E-state index is 12.5. The van der Waals surface area contributed by atoms with Gasteiger partial charge in [-0.15, -0.1) is 0 Å². The minimum atomic E-state index is -0.351. The van der Waals surface area contributed by atoms with Gasteiger partial charge in [-0.25, -0.2) is 4.79 Å². The van der Waals surface area contributed by atoms with Gasteiger partial charge in [-0.3, -0.25) is 4.98 Å². The van der Waals surface area contributed by atoms with E-state index in [1.807, 2.05) is 39.0 Å². The molecule has 1 amide bonds. The van der Waals surface area contributed by atoms with E-state index in [4.69, 9.17) is 4.74 Å². The van der Waals surface area contributed by atoms with Crippen LogP contribution < -0.4 is 4.74 Å². The van der Waals surface area contributed by atoms with Crippen molar-refractivity contribution >= 4 is 6.09 Å². The molecule has 0 aliphatic carbocycles. The molecule has 0 spiro atoms. The quantitative estimate of drug-likeness (QED) is 0.859. The number of ether oxygens (including phenoxy) is 1. The van der Waals surface area contributed by atoms with Crippen LogP contribution in [0.5, 0.6) is 5.75 Å². The Labute approximate surface area is 131 Å². The molecule has 0 unspecified atom stereocenters. The summed E-state index contributed by atoms with van der Waals surface area (Å²) in [5.74, 6) is 0.460. The van der Waals surface area contributed by atoms with E-state index < -0.39 is 0 Å². The van der Waals surface area contributed by atoms with E-state index in [2.05, 4.69) is 17.1 Å². The molecule has 4 heteroatoms. The maximum Gasteiger partial charge on any atom is 0.415 e. The van der Waals surface area contributed by atoms with Gasteiger partial charge in [0.1, 0.15) is 0 Å². The summed E-state index contributed by atoms with van der Waals surface area (Å²) >= 11 is 0. The fourth-order valence-corrected chi connectivity index (χ4v) is 2.15. The highest BCUT2D eigenvalue weighted by Gasteiger charge is 2.27. The van der Waals surface area contributed by atoms with E-state index in [0.29, 0.717) is 12.3 Å². The number of carbonyl (C=O) groups excluding carboxylic acids is 1. The van der Waals surface area contributed by atoms with Gasteiger partial charge in [0, 0.05) is 18.3 Å². The molecule has 1 aromatic heterocycles. The largest absolute Gasteiger partial charge is 0.415 e. The molecule has 0 aliphatic rings. The van der Waals surface area contributed by atoms with Gasteiger partial charge in [0.2, 0.25) is 0 Å². The fourth-order valence-electron chi connectivity index (χ4n) is 2.15. The van der Waals surface area contributed by atoms with E-state index in [9.17, 15) is 4.79 Å². The monoisotopic (exact) mass is 298 g/mol.